The summed E-state index contributed by atoms with van der Waals surface area (Å²) in [4.78, 5) is 0. The molecule has 0 amide bonds. The van der Waals surface area contributed by atoms with Gasteiger partial charge in [-0.3, -0.25) is 0 Å². The standard InChI is InChI=1S/C15H15Cl2OP/c1-9-7-11(16)3-5-13(9)15(19-18)14-6-4-12(17)8-10(14)2/h3-8,15H,19H2,1-2H3. The Kier molecular flexibility index (Phi) is 4.73. The van der Waals surface area contributed by atoms with Crippen LogP contribution in [0.3, 0.4) is 0 Å². The van der Waals surface area contributed by atoms with Gasteiger partial charge in [0.2, 0.25) is 0 Å². The highest BCUT2D eigenvalue weighted by Crippen LogP contribution is 2.38. The van der Waals surface area contributed by atoms with Gasteiger partial charge in [0.05, 0.1) is 14.1 Å². The van der Waals surface area contributed by atoms with E-state index in [9.17, 15) is 4.57 Å². The number of aryl methyl sites for hydroxylation is 2. The smallest absolute Gasteiger partial charge is 0.0759 e. The molecule has 0 heterocycles. The van der Waals surface area contributed by atoms with Gasteiger partial charge in [-0.1, -0.05) is 35.3 Å². The summed E-state index contributed by atoms with van der Waals surface area (Å²) in [5.41, 5.74) is 4.19. The van der Waals surface area contributed by atoms with E-state index in [0.717, 1.165) is 22.3 Å². The van der Waals surface area contributed by atoms with Crippen molar-refractivity contribution in [2.24, 2.45) is 0 Å². The summed E-state index contributed by atoms with van der Waals surface area (Å²) >= 11 is 11.9. The number of benzene rings is 2. The summed E-state index contributed by atoms with van der Waals surface area (Å²) in [5, 5.41) is 1.41. The maximum Gasteiger partial charge on any atom is 0.0759 e. The lowest BCUT2D eigenvalue weighted by Crippen LogP contribution is -1.99. The Morgan fingerprint density at radius 3 is 1.63 bits per heavy atom. The highest BCUT2D eigenvalue weighted by atomic mass is 35.5. The molecule has 19 heavy (non-hydrogen) atoms. The molecule has 100 valence electrons. The maximum absolute atomic E-state index is 11.7. The van der Waals surface area contributed by atoms with Crippen molar-refractivity contribution >= 4 is 31.7 Å². The summed E-state index contributed by atoms with van der Waals surface area (Å²) < 4.78 is 11.7. The molecule has 2 aromatic rings. The first kappa shape index (κ1) is 14.7. The highest BCUT2D eigenvalue weighted by molar-refractivity contribution is 7.24. The van der Waals surface area contributed by atoms with Gasteiger partial charge >= 0.3 is 0 Å². The first-order valence-electron chi connectivity index (χ1n) is 6.00. The van der Waals surface area contributed by atoms with Gasteiger partial charge in [-0.25, -0.2) is 0 Å². The van der Waals surface area contributed by atoms with E-state index in [0.29, 0.717) is 10.0 Å². The van der Waals surface area contributed by atoms with Gasteiger partial charge in [0.1, 0.15) is 0 Å². The fourth-order valence-electron chi connectivity index (χ4n) is 2.29. The van der Waals surface area contributed by atoms with E-state index in [1.54, 1.807) is 0 Å². The first-order valence-corrected chi connectivity index (χ1v) is 7.89. The van der Waals surface area contributed by atoms with Crippen LogP contribution in [-0.4, -0.2) is 0 Å². The normalized spacial score (nSPS) is 11.6. The van der Waals surface area contributed by atoms with Crippen molar-refractivity contribution in [3.8, 4) is 0 Å². The zero-order chi connectivity index (χ0) is 14.0. The Hall–Kier alpha value is -0.750. The molecular weight excluding hydrogens is 298 g/mol. The molecule has 2 rings (SSSR count). The molecular formula is C15H15Cl2OP. The minimum absolute atomic E-state index is 0.0745. The van der Waals surface area contributed by atoms with E-state index in [4.69, 9.17) is 23.2 Å². The predicted octanol–water partition coefficient (Wildman–Crippen LogP) is 5.46. The van der Waals surface area contributed by atoms with Crippen molar-refractivity contribution in [1.82, 2.24) is 0 Å². The quantitative estimate of drug-likeness (QED) is 0.688. The molecule has 1 unspecified atom stereocenters. The third-order valence-corrected chi connectivity index (χ3v) is 4.73. The van der Waals surface area contributed by atoms with Crippen LogP contribution in [0.4, 0.5) is 0 Å². The maximum atomic E-state index is 11.7. The second kappa shape index (κ2) is 6.13. The summed E-state index contributed by atoms with van der Waals surface area (Å²) in [5.74, 6) is 0. The lowest BCUT2D eigenvalue weighted by molar-refractivity contribution is 0.595. The van der Waals surface area contributed by atoms with Gasteiger partial charge in [0.15, 0.2) is 0 Å². The van der Waals surface area contributed by atoms with Gasteiger partial charge < -0.3 is 4.57 Å². The number of rotatable bonds is 3. The van der Waals surface area contributed by atoms with Crippen LogP contribution in [0, 0.1) is 13.8 Å². The molecule has 0 saturated heterocycles. The Bertz CT molecular complexity index is 574. The fourth-order valence-corrected chi connectivity index (χ4v) is 3.78. The van der Waals surface area contributed by atoms with Gasteiger partial charge in [0.25, 0.3) is 0 Å². The van der Waals surface area contributed by atoms with Crippen molar-refractivity contribution in [1.29, 1.82) is 0 Å². The second-order valence-corrected chi connectivity index (χ2v) is 6.43. The van der Waals surface area contributed by atoms with Gasteiger partial charge in [-0.15, -0.1) is 0 Å². The van der Waals surface area contributed by atoms with Crippen molar-refractivity contribution in [2.75, 3.05) is 0 Å². The van der Waals surface area contributed by atoms with Crippen molar-refractivity contribution < 1.29 is 4.57 Å². The first-order chi connectivity index (χ1) is 9.02. The van der Waals surface area contributed by atoms with E-state index < -0.39 is 8.46 Å². The van der Waals surface area contributed by atoms with Crippen LogP contribution in [0.1, 0.15) is 27.9 Å². The van der Waals surface area contributed by atoms with Crippen molar-refractivity contribution in [2.45, 2.75) is 19.5 Å². The minimum atomic E-state index is -0.959. The van der Waals surface area contributed by atoms with Crippen LogP contribution < -0.4 is 0 Å². The van der Waals surface area contributed by atoms with Crippen molar-refractivity contribution in [3.63, 3.8) is 0 Å². The summed E-state index contributed by atoms with van der Waals surface area (Å²) in [6, 6.07) is 11.4. The summed E-state index contributed by atoms with van der Waals surface area (Å²) in [6.07, 6.45) is 0. The molecule has 0 N–H and O–H groups in total. The Morgan fingerprint density at radius 1 is 0.895 bits per heavy atom. The van der Waals surface area contributed by atoms with E-state index in [1.807, 2.05) is 50.2 Å². The molecule has 0 spiro atoms. The topological polar surface area (TPSA) is 17.1 Å². The molecule has 0 saturated carbocycles. The molecule has 0 aliphatic heterocycles. The molecule has 0 fully saturated rings. The third kappa shape index (κ3) is 3.23. The van der Waals surface area contributed by atoms with Gasteiger partial charge in [-0.05, 0) is 60.4 Å². The molecule has 1 atom stereocenters. The molecule has 1 nitrogen and oxygen atoms in total. The lowest BCUT2D eigenvalue weighted by Gasteiger charge is -2.17. The molecule has 2 aromatic carbocycles. The van der Waals surface area contributed by atoms with Crippen molar-refractivity contribution in [3.05, 3.63) is 68.7 Å². The Balaban J connectivity index is 2.53. The lowest BCUT2D eigenvalue weighted by atomic mass is 9.97. The van der Waals surface area contributed by atoms with Gasteiger partial charge in [0, 0.05) is 10.0 Å². The second-order valence-electron chi connectivity index (χ2n) is 4.62. The Labute approximate surface area is 124 Å². The number of hydrogen-bond acceptors (Lipinski definition) is 1. The van der Waals surface area contributed by atoms with Crippen LogP contribution in [-0.2, 0) is 4.57 Å². The zero-order valence-electron chi connectivity index (χ0n) is 10.8. The van der Waals surface area contributed by atoms with Crippen LogP contribution >= 0.6 is 31.7 Å². The van der Waals surface area contributed by atoms with Crippen LogP contribution in [0.2, 0.25) is 10.0 Å². The van der Waals surface area contributed by atoms with Crippen LogP contribution in [0.5, 0.6) is 0 Å². The largest absolute Gasteiger partial charge is 0.329 e. The zero-order valence-corrected chi connectivity index (χ0v) is 13.4. The van der Waals surface area contributed by atoms with E-state index >= 15 is 0 Å². The third-order valence-electron chi connectivity index (χ3n) is 3.27. The summed E-state index contributed by atoms with van der Waals surface area (Å²) in [6.45, 7) is 3.99. The molecule has 4 heteroatoms. The van der Waals surface area contributed by atoms with Crippen LogP contribution in [0.25, 0.3) is 0 Å². The SMILES string of the molecule is Cc1cc(Cl)ccc1C([PH2]=O)c1ccc(Cl)cc1C. The molecule has 0 aliphatic carbocycles. The Morgan fingerprint density at radius 2 is 1.32 bits per heavy atom. The number of halogens is 2. The monoisotopic (exact) mass is 312 g/mol. The van der Waals surface area contributed by atoms with Crippen LogP contribution in [0.15, 0.2) is 36.4 Å². The van der Waals surface area contributed by atoms with E-state index in [1.165, 1.54) is 0 Å². The molecule has 0 aromatic heterocycles. The molecule has 0 radical (unpaired) electrons. The molecule has 0 aliphatic rings. The average Bonchev–Trinajstić information content (AvgIpc) is 2.34. The summed E-state index contributed by atoms with van der Waals surface area (Å²) in [7, 11) is -0.959. The van der Waals surface area contributed by atoms with E-state index in [-0.39, 0.29) is 5.66 Å². The predicted molar refractivity (Wildman–Crippen MR) is 84.6 cm³/mol. The number of hydrogen-bond donors (Lipinski definition) is 0. The van der Waals surface area contributed by atoms with Gasteiger partial charge in [-0.2, -0.15) is 0 Å². The minimum Gasteiger partial charge on any atom is -0.329 e. The average molecular weight is 313 g/mol. The molecule has 0 bridgehead atoms. The van der Waals surface area contributed by atoms with E-state index in [2.05, 4.69) is 0 Å². The fraction of sp³-hybridized carbons (Fsp3) is 0.200. The highest BCUT2D eigenvalue weighted by Gasteiger charge is 2.17.